The molecule has 2 rings (SSSR count). The van der Waals surface area contributed by atoms with Gasteiger partial charge in [-0.05, 0) is 52.9 Å². The van der Waals surface area contributed by atoms with Crippen LogP contribution in [0.2, 0.25) is 0 Å². The van der Waals surface area contributed by atoms with E-state index in [1.165, 1.54) is 32.1 Å². The van der Waals surface area contributed by atoms with Crippen LogP contribution in [0, 0.1) is 17.2 Å². The van der Waals surface area contributed by atoms with Gasteiger partial charge in [-0.3, -0.25) is 0 Å². The first-order valence-corrected chi connectivity index (χ1v) is 7.02. The molecule has 1 N–H and O–H groups in total. The molecule has 1 fully saturated rings. The lowest BCUT2D eigenvalue weighted by atomic mass is 9.89. The Labute approximate surface area is 111 Å². The highest BCUT2D eigenvalue weighted by atomic mass is 79.9. The summed E-state index contributed by atoms with van der Waals surface area (Å²) in [7, 11) is 0. The van der Waals surface area contributed by atoms with Crippen LogP contribution < -0.4 is 5.32 Å². The van der Waals surface area contributed by atoms with E-state index in [-0.39, 0.29) is 0 Å². The summed E-state index contributed by atoms with van der Waals surface area (Å²) in [5, 5.41) is 12.3. The average molecular weight is 293 g/mol. The van der Waals surface area contributed by atoms with Gasteiger partial charge in [0.05, 0.1) is 11.6 Å². The zero-order valence-electron chi connectivity index (χ0n) is 9.88. The minimum absolute atomic E-state index is 0.695. The van der Waals surface area contributed by atoms with E-state index in [9.17, 15) is 0 Å². The second-order valence-electron chi connectivity index (χ2n) is 4.69. The lowest BCUT2D eigenvalue weighted by Gasteiger charge is -2.22. The third-order valence-electron chi connectivity index (χ3n) is 3.40. The summed E-state index contributed by atoms with van der Waals surface area (Å²) in [5.41, 5.74) is 1.79. The summed E-state index contributed by atoms with van der Waals surface area (Å²) >= 11 is 3.50. The molecule has 0 spiro atoms. The molecule has 0 amide bonds. The Balaban J connectivity index is 1.92. The molecule has 0 saturated heterocycles. The van der Waals surface area contributed by atoms with E-state index < -0.39 is 0 Å². The number of anilines is 1. The molecule has 1 saturated carbocycles. The van der Waals surface area contributed by atoms with Gasteiger partial charge in [-0.1, -0.05) is 19.3 Å². The van der Waals surface area contributed by atoms with E-state index in [4.69, 9.17) is 5.26 Å². The minimum Gasteiger partial charge on any atom is -0.384 e. The molecule has 1 aromatic rings. The van der Waals surface area contributed by atoms with Gasteiger partial charge in [0.15, 0.2) is 0 Å². The average Bonchev–Trinajstić information content (AvgIpc) is 2.38. The summed E-state index contributed by atoms with van der Waals surface area (Å²) in [5.74, 6) is 0.811. The normalized spacial score (nSPS) is 16.5. The first-order valence-electron chi connectivity index (χ1n) is 6.23. The van der Waals surface area contributed by atoms with Gasteiger partial charge >= 0.3 is 0 Å². The summed E-state index contributed by atoms with van der Waals surface area (Å²) in [6, 6.07) is 7.84. The zero-order valence-corrected chi connectivity index (χ0v) is 11.5. The van der Waals surface area contributed by atoms with Crippen molar-refractivity contribution in [1.29, 1.82) is 5.26 Å². The highest BCUT2D eigenvalue weighted by Crippen LogP contribution is 2.27. The maximum absolute atomic E-state index is 8.80. The lowest BCUT2D eigenvalue weighted by Crippen LogP contribution is -2.17. The number of nitrogens with zero attached hydrogens (tertiary/aromatic N) is 1. The molecule has 90 valence electrons. The van der Waals surface area contributed by atoms with E-state index in [0.717, 1.165) is 22.6 Å². The van der Waals surface area contributed by atoms with Crippen molar-refractivity contribution in [3.05, 3.63) is 28.2 Å². The molecule has 1 aliphatic carbocycles. The molecule has 2 nitrogen and oxygen atoms in total. The smallest absolute Gasteiger partial charge is 0.0992 e. The second-order valence-corrected chi connectivity index (χ2v) is 5.55. The van der Waals surface area contributed by atoms with Crippen LogP contribution in [-0.2, 0) is 0 Å². The predicted octanol–water partition coefficient (Wildman–Crippen LogP) is 4.31. The zero-order chi connectivity index (χ0) is 12.1. The van der Waals surface area contributed by atoms with Crippen LogP contribution >= 0.6 is 15.9 Å². The van der Waals surface area contributed by atoms with Crippen LogP contribution in [0.3, 0.4) is 0 Å². The number of rotatable bonds is 3. The van der Waals surface area contributed by atoms with Crippen LogP contribution in [0.1, 0.15) is 37.7 Å². The third-order valence-corrected chi connectivity index (χ3v) is 4.06. The second kappa shape index (κ2) is 6.07. The van der Waals surface area contributed by atoms with Gasteiger partial charge in [-0.15, -0.1) is 0 Å². The highest BCUT2D eigenvalue weighted by Gasteiger charge is 2.13. The Kier molecular flexibility index (Phi) is 4.44. The van der Waals surface area contributed by atoms with Crippen LogP contribution in [0.5, 0.6) is 0 Å². The number of hydrogen-bond acceptors (Lipinski definition) is 2. The molecule has 0 bridgehead atoms. The topological polar surface area (TPSA) is 35.8 Å². The van der Waals surface area contributed by atoms with Crippen molar-refractivity contribution in [3.8, 4) is 6.07 Å². The van der Waals surface area contributed by atoms with Crippen molar-refractivity contribution in [2.75, 3.05) is 11.9 Å². The van der Waals surface area contributed by atoms with Crippen LogP contribution in [0.4, 0.5) is 5.69 Å². The quantitative estimate of drug-likeness (QED) is 0.901. The molecule has 1 aromatic carbocycles. The molecule has 3 heteroatoms. The Bertz CT molecular complexity index is 417. The maximum Gasteiger partial charge on any atom is 0.0992 e. The summed E-state index contributed by atoms with van der Waals surface area (Å²) < 4.78 is 0.979. The molecule has 17 heavy (non-hydrogen) atoms. The van der Waals surface area contributed by atoms with Gasteiger partial charge in [-0.25, -0.2) is 0 Å². The number of nitriles is 1. The Morgan fingerprint density at radius 1 is 1.29 bits per heavy atom. The Morgan fingerprint density at radius 3 is 2.71 bits per heavy atom. The maximum atomic E-state index is 8.80. The van der Waals surface area contributed by atoms with E-state index in [0.29, 0.717) is 5.56 Å². The van der Waals surface area contributed by atoms with Crippen LogP contribution in [0.25, 0.3) is 0 Å². The minimum atomic E-state index is 0.695. The van der Waals surface area contributed by atoms with Crippen molar-refractivity contribution in [1.82, 2.24) is 0 Å². The van der Waals surface area contributed by atoms with Crippen LogP contribution in [0.15, 0.2) is 22.7 Å². The molecular weight excluding hydrogens is 276 g/mol. The summed E-state index contributed by atoms with van der Waals surface area (Å²) in [6.45, 7) is 1.05. The number of hydrogen-bond donors (Lipinski definition) is 1. The van der Waals surface area contributed by atoms with Crippen molar-refractivity contribution in [2.45, 2.75) is 32.1 Å². The van der Waals surface area contributed by atoms with Crippen LogP contribution in [-0.4, -0.2) is 6.54 Å². The van der Waals surface area contributed by atoms with Gasteiger partial charge < -0.3 is 5.32 Å². The number of benzene rings is 1. The van der Waals surface area contributed by atoms with E-state index in [1.54, 1.807) is 0 Å². The van der Waals surface area contributed by atoms with Gasteiger partial charge in [0, 0.05) is 16.7 Å². The molecule has 0 aliphatic heterocycles. The lowest BCUT2D eigenvalue weighted by molar-refractivity contribution is 0.373. The fraction of sp³-hybridized carbons (Fsp3) is 0.500. The fourth-order valence-corrected chi connectivity index (χ4v) is 2.89. The molecule has 0 atom stereocenters. The van der Waals surface area contributed by atoms with Crippen molar-refractivity contribution >= 4 is 21.6 Å². The largest absolute Gasteiger partial charge is 0.384 e. The highest BCUT2D eigenvalue weighted by molar-refractivity contribution is 9.10. The monoisotopic (exact) mass is 292 g/mol. The third kappa shape index (κ3) is 3.47. The Hall–Kier alpha value is -1.01. The van der Waals surface area contributed by atoms with Gasteiger partial charge in [0.2, 0.25) is 0 Å². The number of halogens is 1. The summed E-state index contributed by atoms with van der Waals surface area (Å²) in [4.78, 5) is 0. The van der Waals surface area contributed by atoms with E-state index >= 15 is 0 Å². The summed E-state index contributed by atoms with van der Waals surface area (Å²) in [6.07, 6.45) is 6.85. The number of nitrogens with one attached hydrogen (secondary N) is 1. The SMILES string of the molecule is N#Cc1ccc(NCC2CCCCC2)c(Br)c1. The van der Waals surface area contributed by atoms with E-state index in [2.05, 4.69) is 27.3 Å². The molecular formula is C14H17BrN2. The van der Waals surface area contributed by atoms with Crippen molar-refractivity contribution in [2.24, 2.45) is 5.92 Å². The van der Waals surface area contributed by atoms with Crippen molar-refractivity contribution < 1.29 is 0 Å². The standard InChI is InChI=1S/C14H17BrN2/c15-13-8-12(9-16)6-7-14(13)17-10-11-4-2-1-3-5-11/h6-8,11,17H,1-5,10H2. The first-order chi connectivity index (χ1) is 8.29. The first kappa shape index (κ1) is 12.4. The fourth-order valence-electron chi connectivity index (χ4n) is 2.37. The van der Waals surface area contributed by atoms with Gasteiger partial charge in [0.1, 0.15) is 0 Å². The molecule has 0 unspecified atom stereocenters. The van der Waals surface area contributed by atoms with E-state index in [1.807, 2.05) is 18.2 Å². The molecule has 1 aliphatic rings. The molecule has 0 aromatic heterocycles. The molecule has 0 heterocycles. The van der Waals surface area contributed by atoms with Gasteiger partial charge in [0.25, 0.3) is 0 Å². The van der Waals surface area contributed by atoms with Crippen molar-refractivity contribution in [3.63, 3.8) is 0 Å². The predicted molar refractivity (Wildman–Crippen MR) is 73.9 cm³/mol. The Morgan fingerprint density at radius 2 is 2.06 bits per heavy atom. The van der Waals surface area contributed by atoms with Gasteiger partial charge in [-0.2, -0.15) is 5.26 Å². The molecule has 0 radical (unpaired) electrons.